The van der Waals surface area contributed by atoms with Crippen molar-refractivity contribution in [3.8, 4) is 0 Å². The maximum Gasteiger partial charge on any atom is 0.214 e. The van der Waals surface area contributed by atoms with E-state index in [1.807, 2.05) is 29.5 Å². The van der Waals surface area contributed by atoms with Crippen LogP contribution in [0.2, 0.25) is 0 Å². The van der Waals surface area contributed by atoms with Crippen LogP contribution in [0.5, 0.6) is 0 Å². The molecule has 2 heterocycles. The minimum Gasteiger partial charge on any atom is -0.221 e. The van der Waals surface area contributed by atoms with E-state index >= 15 is 0 Å². The van der Waals surface area contributed by atoms with Crippen LogP contribution in [0, 0.1) is 14.5 Å². The fourth-order valence-corrected chi connectivity index (χ4v) is 1.95. The van der Waals surface area contributed by atoms with E-state index in [-0.39, 0.29) is 0 Å². The van der Waals surface area contributed by atoms with Gasteiger partial charge in [0.15, 0.2) is 0 Å². The van der Waals surface area contributed by atoms with Gasteiger partial charge < -0.3 is 0 Å². The molecule has 0 fully saturated rings. The van der Waals surface area contributed by atoms with E-state index < -0.39 is 0 Å². The number of nitrogens with zero attached hydrogens (tertiary/aromatic N) is 5. The van der Waals surface area contributed by atoms with E-state index in [0.717, 1.165) is 3.70 Å². The molecular formula is C5H3I2N5. The lowest BCUT2D eigenvalue weighted by Crippen LogP contribution is -2.01. The van der Waals surface area contributed by atoms with Crippen molar-refractivity contribution in [3.05, 3.63) is 13.4 Å². The lowest BCUT2D eigenvalue weighted by molar-refractivity contribution is 0.744. The molecule has 12 heavy (non-hydrogen) atoms. The Hall–Kier alpha value is -0.0600. The van der Waals surface area contributed by atoms with Crippen molar-refractivity contribution in [2.24, 2.45) is 0 Å². The summed E-state index contributed by atoms with van der Waals surface area (Å²) >= 11 is 4.17. The Morgan fingerprint density at radius 2 is 1.92 bits per heavy atom. The molecule has 0 unspecified atom stereocenters. The average molecular weight is 387 g/mol. The Balaban J connectivity index is 2.88. The smallest absolute Gasteiger partial charge is 0.214 e. The van der Waals surface area contributed by atoms with Crippen LogP contribution in [0.4, 0.5) is 0 Å². The Morgan fingerprint density at radius 3 is 2.67 bits per heavy atom. The van der Waals surface area contributed by atoms with E-state index in [9.17, 15) is 0 Å². The van der Waals surface area contributed by atoms with Crippen molar-refractivity contribution in [2.45, 2.75) is 6.92 Å². The van der Waals surface area contributed by atoms with E-state index in [0.29, 0.717) is 15.3 Å². The van der Waals surface area contributed by atoms with E-state index in [2.05, 4.69) is 42.8 Å². The standard InChI is InChI=1S/C5H3I2N5/c1-2-8-3(6)4-9-5(7)11-12(4)10-2/h1H3. The number of rotatable bonds is 0. The van der Waals surface area contributed by atoms with Gasteiger partial charge in [0.2, 0.25) is 9.48 Å². The van der Waals surface area contributed by atoms with Crippen LogP contribution in [0.1, 0.15) is 5.82 Å². The zero-order valence-electron chi connectivity index (χ0n) is 5.99. The lowest BCUT2D eigenvalue weighted by Gasteiger charge is -1.93. The van der Waals surface area contributed by atoms with E-state index in [1.54, 1.807) is 0 Å². The molecular weight excluding hydrogens is 384 g/mol. The molecule has 0 aliphatic rings. The van der Waals surface area contributed by atoms with Gasteiger partial charge in [-0.1, -0.05) is 0 Å². The van der Waals surface area contributed by atoms with Gasteiger partial charge in [-0.3, -0.25) is 0 Å². The van der Waals surface area contributed by atoms with Gasteiger partial charge in [0.25, 0.3) is 0 Å². The quantitative estimate of drug-likeness (QED) is 0.635. The molecule has 0 aliphatic carbocycles. The second-order valence-electron chi connectivity index (χ2n) is 2.14. The van der Waals surface area contributed by atoms with Crippen molar-refractivity contribution in [2.75, 3.05) is 0 Å². The summed E-state index contributed by atoms with van der Waals surface area (Å²) < 4.78 is 3.02. The minimum absolute atomic E-state index is 0.686. The highest BCUT2D eigenvalue weighted by Crippen LogP contribution is 2.08. The predicted molar refractivity (Wildman–Crippen MR) is 58.7 cm³/mol. The van der Waals surface area contributed by atoms with Crippen LogP contribution < -0.4 is 0 Å². The van der Waals surface area contributed by atoms with Crippen LogP contribution in [0.25, 0.3) is 5.65 Å². The van der Waals surface area contributed by atoms with Crippen LogP contribution in [-0.4, -0.2) is 24.8 Å². The molecule has 0 atom stereocenters. The molecule has 62 valence electrons. The molecule has 0 amide bonds. The number of hydrogen-bond donors (Lipinski definition) is 0. The summed E-state index contributed by atoms with van der Waals surface area (Å²) in [5.41, 5.74) is 0.714. The van der Waals surface area contributed by atoms with Crippen molar-refractivity contribution in [3.63, 3.8) is 0 Å². The Bertz CT molecular complexity index is 437. The second-order valence-corrected chi connectivity index (χ2v) is 4.13. The zero-order chi connectivity index (χ0) is 8.72. The lowest BCUT2D eigenvalue weighted by atomic mass is 10.7. The molecule has 2 rings (SSSR count). The van der Waals surface area contributed by atoms with Crippen molar-refractivity contribution >= 4 is 50.8 Å². The summed E-state index contributed by atoms with van der Waals surface area (Å²) in [5, 5.41) is 8.15. The SMILES string of the molecule is Cc1nc(I)c2nc(I)nn2n1. The summed E-state index contributed by atoms with van der Waals surface area (Å²) in [6.07, 6.45) is 0. The Morgan fingerprint density at radius 1 is 1.17 bits per heavy atom. The molecule has 0 saturated heterocycles. The maximum atomic E-state index is 4.16. The summed E-state index contributed by atoms with van der Waals surface area (Å²) in [6.45, 7) is 1.83. The van der Waals surface area contributed by atoms with Crippen molar-refractivity contribution < 1.29 is 0 Å². The topological polar surface area (TPSA) is 56.0 Å². The molecule has 0 aromatic carbocycles. The van der Waals surface area contributed by atoms with Crippen molar-refractivity contribution in [1.82, 2.24) is 24.8 Å². The highest BCUT2D eigenvalue weighted by Gasteiger charge is 2.06. The third-order valence-corrected chi connectivity index (χ3v) is 2.43. The largest absolute Gasteiger partial charge is 0.221 e. The number of aromatic nitrogens is 5. The zero-order valence-corrected chi connectivity index (χ0v) is 10.3. The van der Waals surface area contributed by atoms with E-state index in [1.165, 1.54) is 4.63 Å². The first-order valence-corrected chi connectivity index (χ1v) is 5.25. The first-order valence-electron chi connectivity index (χ1n) is 3.09. The van der Waals surface area contributed by atoms with Crippen molar-refractivity contribution in [1.29, 1.82) is 0 Å². The number of halogens is 2. The fourth-order valence-electron chi connectivity index (χ4n) is 0.830. The van der Waals surface area contributed by atoms with Gasteiger partial charge >= 0.3 is 0 Å². The Labute approximate surface area is 95.3 Å². The molecule has 0 radical (unpaired) electrons. The summed E-state index contributed by atoms with van der Waals surface area (Å²) in [4.78, 5) is 8.32. The van der Waals surface area contributed by atoms with Gasteiger partial charge in [0.1, 0.15) is 9.53 Å². The van der Waals surface area contributed by atoms with Crippen LogP contribution in [-0.2, 0) is 0 Å². The first kappa shape index (κ1) is 8.53. The first-order chi connectivity index (χ1) is 5.66. The van der Waals surface area contributed by atoms with Gasteiger partial charge in [0, 0.05) is 22.6 Å². The number of fused-ring (bicyclic) bond motifs is 1. The number of hydrogen-bond acceptors (Lipinski definition) is 4. The molecule has 2 aromatic rings. The van der Waals surface area contributed by atoms with Gasteiger partial charge in [-0.05, 0) is 29.5 Å². The fraction of sp³-hybridized carbons (Fsp3) is 0.200. The minimum atomic E-state index is 0.686. The van der Waals surface area contributed by atoms with Gasteiger partial charge in [-0.15, -0.1) is 14.8 Å². The average Bonchev–Trinajstić information content (AvgIpc) is 2.29. The van der Waals surface area contributed by atoms with Crippen LogP contribution in [0.15, 0.2) is 0 Å². The molecule has 0 spiro atoms. The maximum absolute atomic E-state index is 4.16. The van der Waals surface area contributed by atoms with Gasteiger partial charge in [-0.2, -0.15) is 4.98 Å². The van der Waals surface area contributed by atoms with Crippen LogP contribution >= 0.6 is 45.2 Å². The van der Waals surface area contributed by atoms with Gasteiger partial charge in [-0.25, -0.2) is 4.98 Å². The highest BCUT2D eigenvalue weighted by atomic mass is 127. The normalized spacial score (nSPS) is 10.9. The predicted octanol–water partition coefficient (Wildman–Crippen LogP) is 1.04. The molecule has 2 aromatic heterocycles. The molecule has 0 saturated carbocycles. The van der Waals surface area contributed by atoms with E-state index in [4.69, 9.17) is 0 Å². The van der Waals surface area contributed by atoms with Gasteiger partial charge in [0.05, 0.1) is 0 Å². The molecule has 5 nitrogen and oxygen atoms in total. The summed E-state index contributed by atoms with van der Waals surface area (Å²) in [7, 11) is 0. The monoisotopic (exact) mass is 387 g/mol. The molecule has 7 heteroatoms. The second kappa shape index (κ2) is 3.01. The number of aryl methyl sites for hydroxylation is 1. The third-order valence-electron chi connectivity index (χ3n) is 1.25. The highest BCUT2D eigenvalue weighted by molar-refractivity contribution is 14.1. The molecule has 0 N–H and O–H groups in total. The summed E-state index contributed by atoms with van der Waals surface area (Å²) in [6, 6.07) is 0. The summed E-state index contributed by atoms with van der Waals surface area (Å²) in [5.74, 6) is 0.702. The Kier molecular flexibility index (Phi) is 2.14. The van der Waals surface area contributed by atoms with Crippen LogP contribution in [0.3, 0.4) is 0 Å². The molecule has 0 bridgehead atoms. The molecule has 0 aliphatic heterocycles. The third kappa shape index (κ3) is 1.39.